The lowest BCUT2D eigenvalue weighted by Crippen LogP contribution is -2.31. The summed E-state index contributed by atoms with van der Waals surface area (Å²) in [5, 5.41) is 8.12. The minimum Gasteiger partial charge on any atom is -0.377 e. The van der Waals surface area contributed by atoms with E-state index in [1.54, 1.807) is 0 Å². The molecule has 0 N–H and O–H groups in total. The smallest absolute Gasteiger partial charge is 0.0445 e. The summed E-state index contributed by atoms with van der Waals surface area (Å²) in [6, 6.07) is 54.1. The number of hydrogen-bond donors (Lipinski definition) is 0. The Balaban J connectivity index is 1.68. The molecule has 0 fully saturated rings. The van der Waals surface area contributed by atoms with Crippen molar-refractivity contribution in [2.24, 2.45) is 0 Å². The van der Waals surface area contributed by atoms with Gasteiger partial charge in [0.25, 0.3) is 0 Å². The Kier molecular flexibility index (Phi) is 10.9. The van der Waals surface area contributed by atoms with Crippen LogP contribution in [0.4, 0.5) is 22.7 Å². The van der Waals surface area contributed by atoms with E-state index in [-0.39, 0.29) is 0 Å². The van der Waals surface area contributed by atoms with Gasteiger partial charge in [0.05, 0.1) is 0 Å². The van der Waals surface area contributed by atoms with Crippen molar-refractivity contribution >= 4 is 70.4 Å². The molecular weight excluding hydrogens is 646 g/mol. The topological polar surface area (TPSA) is 13.0 Å². The Morgan fingerprint density at radius 1 is 0.260 bits per heavy atom. The summed E-state index contributed by atoms with van der Waals surface area (Å²) < 4.78 is 0. The molecule has 0 aliphatic heterocycles. The van der Waals surface area contributed by atoms with E-state index in [1.807, 2.05) is 0 Å². The molecule has 0 heterocycles. The minimum absolute atomic E-state index is 0.963. The van der Waals surface area contributed by atoms with Crippen molar-refractivity contribution in [3.05, 3.63) is 146 Å². The van der Waals surface area contributed by atoms with E-state index in [9.17, 15) is 0 Å². The highest BCUT2D eigenvalue weighted by atomic mass is 31.1. The molecule has 0 spiro atoms. The molecule has 0 saturated carbocycles. The molecule has 0 aromatic heterocycles. The lowest BCUT2D eigenvalue weighted by molar-refractivity contribution is 1.14. The Hall–Kier alpha value is -4.62. The SMILES string of the molecule is CN(C)c1ccccc1P(c1ccccc1-c1ccccc1P(c1ccccc1N(C)C)c1ccccc1N(C)C)c1ccccc1N(C)C. The summed E-state index contributed by atoms with van der Waals surface area (Å²) in [6.07, 6.45) is 0. The molecule has 6 rings (SSSR count). The summed E-state index contributed by atoms with van der Waals surface area (Å²) in [7, 11) is 15.3. The molecule has 0 amide bonds. The van der Waals surface area contributed by atoms with Crippen LogP contribution < -0.4 is 51.4 Å². The van der Waals surface area contributed by atoms with Gasteiger partial charge in [0, 0.05) is 100 Å². The van der Waals surface area contributed by atoms with Crippen LogP contribution in [0.2, 0.25) is 0 Å². The first-order valence-corrected chi connectivity index (χ1v) is 19.7. The predicted molar refractivity (Wildman–Crippen MR) is 227 cm³/mol. The van der Waals surface area contributed by atoms with E-state index in [1.165, 1.54) is 65.7 Å². The first-order valence-electron chi connectivity index (χ1n) is 17.0. The quantitative estimate of drug-likeness (QED) is 0.134. The molecule has 6 aromatic carbocycles. The molecule has 0 bridgehead atoms. The highest BCUT2D eigenvalue weighted by Gasteiger charge is 2.30. The molecular formula is C44H48N4P2. The van der Waals surface area contributed by atoms with Gasteiger partial charge in [0.15, 0.2) is 0 Å². The van der Waals surface area contributed by atoms with Crippen LogP contribution in [0.3, 0.4) is 0 Å². The van der Waals surface area contributed by atoms with Crippen molar-refractivity contribution < 1.29 is 0 Å². The molecule has 0 aliphatic rings. The van der Waals surface area contributed by atoms with E-state index in [4.69, 9.17) is 0 Å². The van der Waals surface area contributed by atoms with E-state index in [0.717, 1.165) is 0 Å². The second-order valence-corrected chi connectivity index (χ2v) is 17.5. The Morgan fingerprint density at radius 2 is 0.460 bits per heavy atom. The number of rotatable bonds is 11. The summed E-state index contributed by atoms with van der Waals surface area (Å²) in [5.41, 5.74) is 7.56. The Morgan fingerprint density at radius 3 is 0.700 bits per heavy atom. The van der Waals surface area contributed by atoms with Gasteiger partial charge in [-0.3, -0.25) is 0 Å². The molecule has 0 aliphatic carbocycles. The average molecular weight is 695 g/mol. The zero-order valence-corrected chi connectivity index (χ0v) is 32.3. The van der Waals surface area contributed by atoms with Gasteiger partial charge in [-0.2, -0.15) is 0 Å². The van der Waals surface area contributed by atoms with Crippen LogP contribution in [0.1, 0.15) is 0 Å². The summed E-state index contributed by atoms with van der Waals surface area (Å²) in [6.45, 7) is 0. The van der Waals surface area contributed by atoms with Crippen LogP contribution in [0.5, 0.6) is 0 Å². The van der Waals surface area contributed by atoms with Gasteiger partial charge in [-0.05, 0) is 61.8 Å². The van der Waals surface area contributed by atoms with Gasteiger partial charge in [-0.25, -0.2) is 0 Å². The summed E-state index contributed by atoms with van der Waals surface area (Å²) >= 11 is 0. The largest absolute Gasteiger partial charge is 0.377 e. The molecule has 4 nitrogen and oxygen atoms in total. The fourth-order valence-electron chi connectivity index (χ4n) is 6.70. The van der Waals surface area contributed by atoms with Crippen molar-refractivity contribution in [3.63, 3.8) is 0 Å². The lowest BCUT2D eigenvalue weighted by atomic mass is 10.1. The van der Waals surface area contributed by atoms with Crippen LogP contribution in [0.25, 0.3) is 11.1 Å². The van der Waals surface area contributed by atoms with Gasteiger partial charge in [-0.1, -0.05) is 121 Å². The number of anilines is 4. The average Bonchev–Trinajstić information content (AvgIpc) is 3.13. The summed E-state index contributed by atoms with van der Waals surface area (Å²) in [4.78, 5) is 9.04. The van der Waals surface area contributed by atoms with Crippen molar-refractivity contribution in [2.75, 3.05) is 76.0 Å². The minimum atomic E-state index is -0.963. The van der Waals surface area contributed by atoms with Crippen molar-refractivity contribution in [1.29, 1.82) is 0 Å². The zero-order valence-electron chi connectivity index (χ0n) is 30.5. The maximum Gasteiger partial charge on any atom is 0.0445 e. The molecule has 0 atom stereocenters. The number of benzene rings is 6. The van der Waals surface area contributed by atoms with Crippen LogP contribution in [0.15, 0.2) is 146 Å². The maximum absolute atomic E-state index is 2.38. The summed E-state index contributed by atoms with van der Waals surface area (Å²) in [5.74, 6) is 0. The van der Waals surface area contributed by atoms with Gasteiger partial charge >= 0.3 is 0 Å². The fraction of sp³-hybridized carbons (Fsp3) is 0.182. The first-order chi connectivity index (χ1) is 24.2. The van der Waals surface area contributed by atoms with Crippen molar-refractivity contribution in [1.82, 2.24) is 0 Å². The van der Waals surface area contributed by atoms with Gasteiger partial charge in [-0.15, -0.1) is 0 Å². The van der Waals surface area contributed by atoms with Gasteiger partial charge < -0.3 is 19.6 Å². The second-order valence-electron chi connectivity index (χ2n) is 13.2. The number of para-hydroxylation sites is 4. The predicted octanol–water partition coefficient (Wildman–Crippen LogP) is 7.13. The maximum atomic E-state index is 2.38. The standard InChI is InChI=1S/C44H48N4P2/c1-45(2)35-23-11-17-29-41(35)49(42-30-18-12-24-36(42)46(3)4)39-27-15-9-21-33(39)34-22-10-16-28-40(34)50(43-31-19-13-25-37(43)47(5)6)44-32-20-14-26-38(44)48(7)8/h9-32H,1-8H3. The van der Waals surface area contributed by atoms with Crippen molar-refractivity contribution in [2.45, 2.75) is 0 Å². The van der Waals surface area contributed by atoms with Crippen LogP contribution in [-0.2, 0) is 0 Å². The van der Waals surface area contributed by atoms with Crippen LogP contribution in [-0.4, -0.2) is 56.4 Å². The third kappa shape index (κ3) is 7.02. The third-order valence-electron chi connectivity index (χ3n) is 9.00. The fourth-order valence-corrected chi connectivity index (χ4v) is 12.6. The molecule has 0 radical (unpaired) electrons. The normalized spacial score (nSPS) is 11.2. The molecule has 6 heteroatoms. The highest BCUT2D eigenvalue weighted by Crippen LogP contribution is 2.45. The van der Waals surface area contributed by atoms with Gasteiger partial charge in [0.2, 0.25) is 0 Å². The zero-order chi connectivity index (χ0) is 35.4. The second kappa shape index (κ2) is 15.5. The van der Waals surface area contributed by atoms with Crippen LogP contribution >= 0.6 is 15.8 Å². The molecule has 0 unspecified atom stereocenters. The van der Waals surface area contributed by atoms with Crippen molar-refractivity contribution in [3.8, 4) is 11.1 Å². The van der Waals surface area contributed by atoms with E-state index < -0.39 is 15.8 Å². The highest BCUT2D eigenvalue weighted by molar-refractivity contribution is 7.81. The third-order valence-corrected chi connectivity index (χ3v) is 14.2. The Bertz CT molecular complexity index is 1820. The molecule has 254 valence electrons. The van der Waals surface area contributed by atoms with E-state index in [2.05, 4.69) is 222 Å². The van der Waals surface area contributed by atoms with Crippen LogP contribution in [0, 0.1) is 0 Å². The first kappa shape index (κ1) is 35.2. The monoisotopic (exact) mass is 694 g/mol. The van der Waals surface area contributed by atoms with E-state index >= 15 is 0 Å². The lowest BCUT2D eigenvalue weighted by Gasteiger charge is -2.32. The number of hydrogen-bond acceptors (Lipinski definition) is 4. The van der Waals surface area contributed by atoms with E-state index in [0.29, 0.717) is 0 Å². The van der Waals surface area contributed by atoms with Gasteiger partial charge in [0.1, 0.15) is 0 Å². The number of nitrogens with zero attached hydrogens (tertiary/aromatic N) is 4. The molecule has 6 aromatic rings. The molecule has 0 saturated heterocycles. The molecule has 50 heavy (non-hydrogen) atoms. The Labute approximate surface area is 302 Å².